The number of H-pyrrole nitrogens is 1. The van der Waals surface area contributed by atoms with E-state index in [1.807, 2.05) is 6.07 Å². The molecule has 1 atom stereocenters. The van der Waals surface area contributed by atoms with Crippen LogP contribution in [0.4, 0.5) is 5.69 Å². The molecule has 1 aromatic heterocycles. The van der Waals surface area contributed by atoms with Crippen LogP contribution in [0.25, 0.3) is 0 Å². The van der Waals surface area contributed by atoms with E-state index in [1.165, 1.54) is 11.3 Å². The Labute approximate surface area is 98.8 Å². The Morgan fingerprint density at radius 3 is 3.12 bits per heavy atom. The van der Waals surface area contributed by atoms with Gasteiger partial charge >= 0.3 is 0 Å². The van der Waals surface area contributed by atoms with Gasteiger partial charge in [-0.05, 0) is 23.6 Å². The van der Waals surface area contributed by atoms with Crippen LogP contribution >= 0.6 is 0 Å². The van der Waals surface area contributed by atoms with E-state index in [-0.39, 0.29) is 6.04 Å². The molecule has 6 heteroatoms. The molecule has 1 aromatic carbocycles. The molecule has 0 spiro atoms. The number of tetrazole rings is 1. The summed E-state index contributed by atoms with van der Waals surface area (Å²) >= 11 is 0. The number of likely N-dealkylation sites (N-methyl/N-ethyl adjacent to an activating group) is 1. The first-order valence-electron chi connectivity index (χ1n) is 5.58. The zero-order chi connectivity index (χ0) is 11.8. The van der Waals surface area contributed by atoms with E-state index < -0.39 is 0 Å². The zero-order valence-corrected chi connectivity index (χ0v) is 9.59. The van der Waals surface area contributed by atoms with E-state index in [4.69, 9.17) is 5.73 Å². The lowest BCUT2D eigenvalue weighted by atomic mass is 10.0. The molecular formula is C11H14N6. The molecule has 0 bridgehead atoms. The van der Waals surface area contributed by atoms with E-state index in [1.54, 1.807) is 0 Å². The van der Waals surface area contributed by atoms with Crippen LogP contribution in [0.5, 0.6) is 0 Å². The van der Waals surface area contributed by atoms with Crippen molar-refractivity contribution in [1.82, 2.24) is 20.6 Å². The summed E-state index contributed by atoms with van der Waals surface area (Å²) in [6.45, 7) is 1.07. The van der Waals surface area contributed by atoms with Gasteiger partial charge in [0.1, 0.15) is 0 Å². The number of fused-ring (bicyclic) bond motifs is 1. The van der Waals surface area contributed by atoms with Gasteiger partial charge in [0.15, 0.2) is 5.82 Å². The van der Waals surface area contributed by atoms with Crippen molar-refractivity contribution in [2.45, 2.75) is 12.5 Å². The number of rotatable bonds is 2. The number of nitrogens with two attached hydrogens (primary N) is 1. The van der Waals surface area contributed by atoms with Gasteiger partial charge in [0.25, 0.3) is 0 Å². The summed E-state index contributed by atoms with van der Waals surface area (Å²) in [5, 5.41) is 13.8. The number of anilines is 1. The number of hydrogen-bond donors (Lipinski definition) is 2. The molecule has 0 aliphatic carbocycles. The number of aromatic amines is 1. The fourth-order valence-electron chi connectivity index (χ4n) is 2.23. The third-order valence-electron chi connectivity index (χ3n) is 3.23. The fraction of sp³-hybridized carbons (Fsp3) is 0.364. The highest BCUT2D eigenvalue weighted by molar-refractivity contribution is 5.59. The molecule has 3 N–H and O–H groups in total. The van der Waals surface area contributed by atoms with E-state index in [9.17, 15) is 0 Å². The summed E-state index contributed by atoms with van der Waals surface area (Å²) in [5.74, 6) is 0.524. The molecule has 0 amide bonds. The molecule has 17 heavy (non-hydrogen) atoms. The molecule has 0 fully saturated rings. The Morgan fingerprint density at radius 1 is 1.47 bits per heavy atom. The van der Waals surface area contributed by atoms with Crippen molar-refractivity contribution in [1.29, 1.82) is 0 Å². The number of hydrogen-bond acceptors (Lipinski definition) is 5. The van der Waals surface area contributed by atoms with Crippen LogP contribution in [-0.2, 0) is 6.42 Å². The van der Waals surface area contributed by atoms with Crippen molar-refractivity contribution in [3.05, 3.63) is 35.2 Å². The zero-order valence-electron chi connectivity index (χ0n) is 9.59. The van der Waals surface area contributed by atoms with Crippen molar-refractivity contribution in [2.75, 3.05) is 18.5 Å². The smallest absolute Gasteiger partial charge is 0.195 e. The van der Waals surface area contributed by atoms with Crippen LogP contribution in [0.3, 0.4) is 0 Å². The predicted molar refractivity (Wildman–Crippen MR) is 63.6 cm³/mol. The summed E-state index contributed by atoms with van der Waals surface area (Å²) in [6, 6.07) is 5.96. The molecule has 1 aliphatic heterocycles. The summed E-state index contributed by atoms with van der Waals surface area (Å²) in [4.78, 5) is 2.25. The molecule has 1 aliphatic rings. The molecule has 0 radical (unpaired) electrons. The van der Waals surface area contributed by atoms with Gasteiger partial charge in [-0.15, -0.1) is 10.2 Å². The van der Waals surface area contributed by atoms with Gasteiger partial charge in [0.2, 0.25) is 0 Å². The highest BCUT2D eigenvalue weighted by Gasteiger charge is 2.19. The topological polar surface area (TPSA) is 83.7 Å². The van der Waals surface area contributed by atoms with E-state index in [0.717, 1.165) is 18.5 Å². The number of nitrogens with zero attached hydrogens (tertiary/aromatic N) is 4. The van der Waals surface area contributed by atoms with Crippen molar-refractivity contribution < 1.29 is 0 Å². The van der Waals surface area contributed by atoms with Crippen LogP contribution < -0.4 is 10.6 Å². The number of nitrogens with one attached hydrogen (secondary N) is 1. The molecular weight excluding hydrogens is 216 g/mol. The summed E-state index contributed by atoms with van der Waals surface area (Å²) in [7, 11) is 2.10. The second-order valence-corrected chi connectivity index (χ2v) is 4.31. The second-order valence-electron chi connectivity index (χ2n) is 4.31. The Balaban J connectivity index is 1.95. The molecule has 3 rings (SSSR count). The average molecular weight is 230 g/mol. The largest absolute Gasteiger partial charge is 0.374 e. The van der Waals surface area contributed by atoms with Gasteiger partial charge in [-0.3, -0.25) is 0 Å². The average Bonchev–Trinajstić information content (AvgIpc) is 2.98. The summed E-state index contributed by atoms with van der Waals surface area (Å²) in [6.07, 6.45) is 1.07. The standard InChI is InChI=1S/C11H14N6/c1-17-5-4-7-6-8(2-3-9(7)17)10(12)11-13-15-16-14-11/h2-3,6,10H,4-5,12H2,1H3,(H,13,14,15,16). The third kappa shape index (κ3) is 1.66. The first kappa shape index (κ1) is 10.2. The highest BCUT2D eigenvalue weighted by Crippen LogP contribution is 2.29. The first-order chi connectivity index (χ1) is 8.25. The Morgan fingerprint density at radius 2 is 2.35 bits per heavy atom. The molecule has 2 heterocycles. The minimum absolute atomic E-state index is 0.315. The molecule has 0 saturated carbocycles. The summed E-state index contributed by atoms with van der Waals surface area (Å²) < 4.78 is 0. The normalized spacial score (nSPS) is 16.0. The molecule has 6 nitrogen and oxygen atoms in total. The van der Waals surface area contributed by atoms with Crippen molar-refractivity contribution >= 4 is 5.69 Å². The van der Waals surface area contributed by atoms with Crippen molar-refractivity contribution in [2.24, 2.45) is 5.73 Å². The van der Waals surface area contributed by atoms with Gasteiger partial charge in [-0.25, -0.2) is 0 Å². The lowest BCUT2D eigenvalue weighted by Gasteiger charge is -2.13. The Bertz CT molecular complexity index is 521. The van der Waals surface area contributed by atoms with E-state index in [0.29, 0.717) is 5.82 Å². The number of aromatic nitrogens is 4. The lowest BCUT2D eigenvalue weighted by molar-refractivity contribution is 0.784. The second kappa shape index (κ2) is 3.81. The van der Waals surface area contributed by atoms with Gasteiger partial charge in [0.05, 0.1) is 6.04 Å². The quantitative estimate of drug-likeness (QED) is 0.772. The maximum Gasteiger partial charge on any atom is 0.195 e. The Hall–Kier alpha value is -1.95. The van der Waals surface area contributed by atoms with Crippen LogP contribution in [0, 0.1) is 0 Å². The van der Waals surface area contributed by atoms with Gasteiger partial charge in [-0.1, -0.05) is 17.3 Å². The number of benzene rings is 1. The fourth-order valence-corrected chi connectivity index (χ4v) is 2.23. The van der Waals surface area contributed by atoms with E-state index >= 15 is 0 Å². The summed E-state index contributed by atoms with van der Waals surface area (Å²) in [5.41, 5.74) is 9.74. The molecule has 88 valence electrons. The van der Waals surface area contributed by atoms with Crippen molar-refractivity contribution in [3.8, 4) is 0 Å². The lowest BCUT2D eigenvalue weighted by Crippen LogP contribution is -2.14. The highest BCUT2D eigenvalue weighted by atomic mass is 15.5. The first-order valence-corrected chi connectivity index (χ1v) is 5.58. The SMILES string of the molecule is CN1CCc2cc(C(N)c3nn[nH]n3)ccc21. The van der Waals surface area contributed by atoms with Gasteiger partial charge < -0.3 is 10.6 Å². The van der Waals surface area contributed by atoms with E-state index in [2.05, 4.69) is 44.7 Å². The van der Waals surface area contributed by atoms with Crippen LogP contribution in [0.15, 0.2) is 18.2 Å². The molecule has 2 aromatic rings. The van der Waals surface area contributed by atoms with Crippen LogP contribution in [0.1, 0.15) is 23.0 Å². The van der Waals surface area contributed by atoms with Crippen LogP contribution in [-0.4, -0.2) is 34.2 Å². The maximum absolute atomic E-state index is 6.09. The minimum atomic E-state index is -0.315. The molecule has 1 unspecified atom stereocenters. The van der Waals surface area contributed by atoms with Gasteiger partial charge in [-0.2, -0.15) is 5.21 Å². The molecule has 0 saturated heterocycles. The predicted octanol–water partition coefficient (Wildman–Crippen LogP) is 0.240. The van der Waals surface area contributed by atoms with Crippen molar-refractivity contribution in [3.63, 3.8) is 0 Å². The monoisotopic (exact) mass is 230 g/mol. The third-order valence-corrected chi connectivity index (χ3v) is 3.23. The van der Waals surface area contributed by atoms with Gasteiger partial charge in [0, 0.05) is 19.3 Å². The maximum atomic E-state index is 6.09. The van der Waals surface area contributed by atoms with Crippen LogP contribution in [0.2, 0.25) is 0 Å². The Kier molecular flexibility index (Phi) is 2.29. The minimum Gasteiger partial charge on any atom is -0.374 e.